The molecule has 3 rings (SSSR count). The molecule has 1 amide bonds. The van der Waals surface area contributed by atoms with Gasteiger partial charge >= 0.3 is 0 Å². The predicted molar refractivity (Wildman–Crippen MR) is 111 cm³/mol. The van der Waals surface area contributed by atoms with Crippen LogP contribution < -0.4 is 10.1 Å². The van der Waals surface area contributed by atoms with Gasteiger partial charge in [0.1, 0.15) is 23.8 Å². The largest absolute Gasteiger partial charge is 0.483 e. The number of methoxy groups -OCH3 is 1. The van der Waals surface area contributed by atoms with Crippen molar-refractivity contribution >= 4 is 52.5 Å². The van der Waals surface area contributed by atoms with E-state index in [1.165, 1.54) is 4.90 Å². The van der Waals surface area contributed by atoms with Crippen molar-refractivity contribution in [2.45, 2.75) is 13.0 Å². The smallest absolute Gasteiger partial charge is 0.276 e. The van der Waals surface area contributed by atoms with Gasteiger partial charge in [-0.05, 0) is 42.9 Å². The second kappa shape index (κ2) is 9.43. The number of halogens is 2. The Bertz CT molecular complexity index is 893. The predicted octanol–water partition coefficient (Wildman–Crippen LogP) is 4.26. The average molecular weight is 441 g/mol. The Hall–Kier alpha value is -2.06. The molecule has 1 aromatic carbocycles. The van der Waals surface area contributed by atoms with Crippen LogP contribution in [0.15, 0.2) is 40.4 Å². The van der Waals surface area contributed by atoms with Gasteiger partial charge in [-0.3, -0.25) is 9.69 Å². The Kier molecular flexibility index (Phi) is 6.96. The lowest BCUT2D eigenvalue weighted by molar-refractivity contribution is -0.122. The number of hydrogen-bond donors (Lipinski definition) is 1. The lowest BCUT2D eigenvalue weighted by atomic mass is 10.3. The molecule has 1 aliphatic rings. The second-order valence-electron chi connectivity index (χ2n) is 5.93. The van der Waals surface area contributed by atoms with Gasteiger partial charge in [-0.2, -0.15) is 0 Å². The molecule has 1 aromatic heterocycles. The molecule has 1 aliphatic heterocycles. The van der Waals surface area contributed by atoms with Crippen LogP contribution >= 0.6 is 35.4 Å². The Balaban J connectivity index is 1.64. The topological polar surface area (TPSA) is 63.9 Å². The van der Waals surface area contributed by atoms with E-state index in [0.717, 1.165) is 0 Å². The highest BCUT2D eigenvalue weighted by Crippen LogP contribution is 2.33. The number of amides is 1. The molecule has 0 bridgehead atoms. The Morgan fingerprint density at radius 3 is 2.71 bits per heavy atom. The van der Waals surface area contributed by atoms with E-state index in [-0.39, 0.29) is 12.5 Å². The number of hydrogen-bond acceptors (Lipinski definition) is 5. The fraction of sp³-hybridized carbons (Fsp3) is 0.263. The molecular formula is C19H18Cl2N2O4S. The Labute approximate surface area is 178 Å². The number of para-hydroxylation sites is 1. The summed E-state index contributed by atoms with van der Waals surface area (Å²) in [5.41, 5.74) is 0.360. The molecular weight excluding hydrogens is 423 g/mol. The molecule has 1 fully saturated rings. The zero-order chi connectivity index (χ0) is 20.1. The number of carbonyl (C=O) groups is 1. The SMILES string of the molecule is COCCCN1C(=O)/C(=C\c2ccc(COc3c(Cl)cccc3Cl)o2)NC1=S. The standard InChI is InChI=1S/C19H18Cl2N2O4S/c1-25-9-3-8-23-18(24)16(22-19(23)28)10-12-6-7-13(27-12)11-26-17-14(20)4-2-5-15(17)21/h2,4-7,10H,3,8-9,11H2,1H3,(H,22,28)/b16-10+. The maximum Gasteiger partial charge on any atom is 0.276 e. The maximum atomic E-state index is 12.5. The summed E-state index contributed by atoms with van der Waals surface area (Å²) in [7, 11) is 1.62. The van der Waals surface area contributed by atoms with Gasteiger partial charge in [0.25, 0.3) is 5.91 Å². The van der Waals surface area contributed by atoms with Crippen LogP contribution in [0.1, 0.15) is 17.9 Å². The number of rotatable bonds is 8. The third-order valence-corrected chi connectivity index (χ3v) is 4.86. The summed E-state index contributed by atoms with van der Waals surface area (Å²) in [5, 5.41) is 4.13. The second-order valence-corrected chi connectivity index (χ2v) is 7.14. The van der Waals surface area contributed by atoms with Gasteiger partial charge in [-0.25, -0.2) is 0 Å². The molecule has 0 atom stereocenters. The summed E-state index contributed by atoms with van der Waals surface area (Å²) in [6, 6.07) is 8.62. The summed E-state index contributed by atoms with van der Waals surface area (Å²) in [6.07, 6.45) is 2.31. The fourth-order valence-electron chi connectivity index (χ4n) is 2.60. The Morgan fingerprint density at radius 2 is 2.00 bits per heavy atom. The minimum atomic E-state index is -0.196. The third kappa shape index (κ3) is 4.86. The maximum absolute atomic E-state index is 12.5. The molecule has 2 heterocycles. The first-order chi connectivity index (χ1) is 13.5. The van der Waals surface area contributed by atoms with Crippen LogP contribution in [0.25, 0.3) is 6.08 Å². The van der Waals surface area contributed by atoms with Crippen LogP contribution in [-0.2, 0) is 16.1 Å². The van der Waals surface area contributed by atoms with Gasteiger partial charge in [-0.15, -0.1) is 0 Å². The molecule has 0 spiro atoms. The van der Waals surface area contributed by atoms with E-state index < -0.39 is 0 Å². The fourth-order valence-corrected chi connectivity index (χ4v) is 3.39. The number of furan rings is 1. The molecule has 9 heteroatoms. The summed E-state index contributed by atoms with van der Waals surface area (Å²) in [5.74, 6) is 1.26. The number of ether oxygens (including phenoxy) is 2. The number of benzene rings is 1. The number of thiocarbonyl (C=S) groups is 1. The van der Waals surface area contributed by atoms with Crippen molar-refractivity contribution in [3.63, 3.8) is 0 Å². The van der Waals surface area contributed by atoms with E-state index in [0.29, 0.717) is 57.7 Å². The van der Waals surface area contributed by atoms with Crippen molar-refractivity contribution in [2.24, 2.45) is 0 Å². The van der Waals surface area contributed by atoms with Crippen molar-refractivity contribution < 1.29 is 18.7 Å². The molecule has 1 N–H and O–H groups in total. The Morgan fingerprint density at radius 1 is 1.25 bits per heavy atom. The molecule has 0 saturated carbocycles. The third-order valence-electron chi connectivity index (χ3n) is 3.94. The monoisotopic (exact) mass is 440 g/mol. The molecule has 6 nitrogen and oxygen atoms in total. The molecule has 0 radical (unpaired) electrons. The average Bonchev–Trinajstić information content (AvgIpc) is 3.21. The number of nitrogens with zero attached hydrogens (tertiary/aromatic N) is 1. The normalized spacial score (nSPS) is 15.4. The molecule has 0 unspecified atom stereocenters. The van der Waals surface area contributed by atoms with Gasteiger partial charge in [0.15, 0.2) is 10.9 Å². The van der Waals surface area contributed by atoms with E-state index in [2.05, 4.69) is 5.32 Å². The highest BCUT2D eigenvalue weighted by atomic mass is 35.5. The minimum Gasteiger partial charge on any atom is -0.483 e. The van der Waals surface area contributed by atoms with Gasteiger partial charge in [0.2, 0.25) is 0 Å². The van der Waals surface area contributed by atoms with Crippen LogP contribution in [0.3, 0.4) is 0 Å². The van der Waals surface area contributed by atoms with E-state index in [1.54, 1.807) is 43.5 Å². The lowest BCUT2D eigenvalue weighted by Gasteiger charge is -2.12. The van der Waals surface area contributed by atoms with Gasteiger partial charge in [0, 0.05) is 26.3 Å². The number of nitrogens with one attached hydrogen (secondary N) is 1. The van der Waals surface area contributed by atoms with Gasteiger partial charge in [-0.1, -0.05) is 29.3 Å². The molecule has 28 heavy (non-hydrogen) atoms. The van der Waals surface area contributed by atoms with Crippen molar-refractivity contribution in [2.75, 3.05) is 20.3 Å². The van der Waals surface area contributed by atoms with Crippen molar-refractivity contribution in [3.8, 4) is 5.75 Å². The zero-order valence-electron chi connectivity index (χ0n) is 15.0. The van der Waals surface area contributed by atoms with Crippen LogP contribution in [-0.4, -0.2) is 36.2 Å². The van der Waals surface area contributed by atoms with Crippen LogP contribution in [0.2, 0.25) is 10.0 Å². The van der Waals surface area contributed by atoms with E-state index in [4.69, 9.17) is 49.3 Å². The minimum absolute atomic E-state index is 0.148. The van der Waals surface area contributed by atoms with Crippen molar-refractivity contribution in [3.05, 3.63) is 57.6 Å². The summed E-state index contributed by atoms with van der Waals surface area (Å²) in [4.78, 5) is 14.0. The van der Waals surface area contributed by atoms with Gasteiger partial charge in [0.05, 0.1) is 10.0 Å². The van der Waals surface area contributed by atoms with Crippen molar-refractivity contribution in [1.82, 2.24) is 10.2 Å². The lowest BCUT2D eigenvalue weighted by Crippen LogP contribution is -2.32. The van der Waals surface area contributed by atoms with Gasteiger partial charge < -0.3 is 19.2 Å². The zero-order valence-corrected chi connectivity index (χ0v) is 17.4. The summed E-state index contributed by atoms with van der Waals surface area (Å²) < 4.78 is 16.4. The van der Waals surface area contributed by atoms with E-state index >= 15 is 0 Å². The first-order valence-electron chi connectivity index (χ1n) is 8.48. The number of carbonyl (C=O) groups excluding carboxylic acids is 1. The van der Waals surface area contributed by atoms with Crippen LogP contribution in [0.4, 0.5) is 0 Å². The molecule has 2 aromatic rings. The molecule has 0 aliphatic carbocycles. The molecule has 148 valence electrons. The highest BCUT2D eigenvalue weighted by Gasteiger charge is 2.30. The van der Waals surface area contributed by atoms with E-state index in [1.807, 2.05) is 0 Å². The quantitative estimate of drug-likeness (QED) is 0.375. The summed E-state index contributed by atoms with van der Waals surface area (Å²) >= 11 is 17.4. The van der Waals surface area contributed by atoms with Crippen LogP contribution in [0.5, 0.6) is 5.75 Å². The first-order valence-corrected chi connectivity index (χ1v) is 9.65. The van der Waals surface area contributed by atoms with Crippen molar-refractivity contribution in [1.29, 1.82) is 0 Å². The summed E-state index contributed by atoms with van der Waals surface area (Å²) in [6.45, 7) is 1.20. The highest BCUT2D eigenvalue weighted by molar-refractivity contribution is 7.80. The molecule has 1 saturated heterocycles. The first kappa shape index (κ1) is 20.7. The van der Waals surface area contributed by atoms with Crippen LogP contribution in [0, 0.1) is 0 Å². The van der Waals surface area contributed by atoms with E-state index in [9.17, 15) is 4.79 Å².